The van der Waals surface area contributed by atoms with Crippen LogP contribution in [0.1, 0.15) is 5.56 Å². The molecule has 0 bridgehead atoms. The minimum Gasteiger partial charge on any atom is -0.496 e. The fraction of sp³-hybridized carbons (Fsp3) is 0.118. The summed E-state index contributed by atoms with van der Waals surface area (Å²) in [6.45, 7) is 2.02. The summed E-state index contributed by atoms with van der Waals surface area (Å²) in [7, 11) is 1.65. The van der Waals surface area contributed by atoms with E-state index in [1.165, 1.54) is 0 Å². The van der Waals surface area contributed by atoms with E-state index in [9.17, 15) is 0 Å². The van der Waals surface area contributed by atoms with Gasteiger partial charge in [0.2, 0.25) is 0 Å². The molecule has 0 radical (unpaired) electrons. The van der Waals surface area contributed by atoms with Crippen LogP contribution in [0.2, 0.25) is 5.02 Å². The highest BCUT2D eigenvalue weighted by molar-refractivity contribution is 6.34. The van der Waals surface area contributed by atoms with Gasteiger partial charge in [-0.1, -0.05) is 41.9 Å². The summed E-state index contributed by atoms with van der Waals surface area (Å²) in [5, 5.41) is 1.75. The van der Waals surface area contributed by atoms with E-state index in [4.69, 9.17) is 21.3 Å². The lowest BCUT2D eigenvalue weighted by Crippen LogP contribution is -1.94. The predicted molar refractivity (Wildman–Crippen MR) is 83.5 cm³/mol. The van der Waals surface area contributed by atoms with Gasteiger partial charge in [-0.3, -0.25) is 0 Å². The number of hydrogen-bond donors (Lipinski definition) is 0. The van der Waals surface area contributed by atoms with Crippen LogP contribution in [0.25, 0.3) is 22.2 Å². The molecule has 0 N–H and O–H groups in total. The largest absolute Gasteiger partial charge is 0.496 e. The monoisotopic (exact) mass is 283 g/mol. The molecule has 0 amide bonds. The highest BCUT2D eigenvalue weighted by atomic mass is 35.5. The van der Waals surface area contributed by atoms with Crippen molar-refractivity contribution in [3.8, 4) is 17.0 Å². The Kier molecular flexibility index (Phi) is 3.33. The Bertz CT molecular complexity index is 783. The van der Waals surface area contributed by atoms with Crippen molar-refractivity contribution in [1.82, 2.24) is 4.98 Å². The molecule has 1 aromatic heterocycles. The van der Waals surface area contributed by atoms with E-state index in [0.717, 1.165) is 33.5 Å². The highest BCUT2D eigenvalue weighted by Crippen LogP contribution is 2.37. The lowest BCUT2D eigenvalue weighted by molar-refractivity contribution is 0.416. The first-order valence-electron chi connectivity index (χ1n) is 6.40. The van der Waals surface area contributed by atoms with Gasteiger partial charge >= 0.3 is 0 Å². The molecule has 0 unspecified atom stereocenters. The Labute approximate surface area is 123 Å². The van der Waals surface area contributed by atoms with Crippen LogP contribution in [0, 0.1) is 6.92 Å². The maximum Gasteiger partial charge on any atom is 0.128 e. The van der Waals surface area contributed by atoms with E-state index < -0.39 is 0 Å². The van der Waals surface area contributed by atoms with Gasteiger partial charge in [0.15, 0.2) is 0 Å². The van der Waals surface area contributed by atoms with Gasteiger partial charge in [-0.15, -0.1) is 0 Å². The second-order valence-electron chi connectivity index (χ2n) is 4.62. The first-order chi connectivity index (χ1) is 9.72. The average Bonchev–Trinajstić information content (AvgIpc) is 2.51. The second-order valence-corrected chi connectivity index (χ2v) is 4.99. The number of rotatable bonds is 2. The number of methoxy groups -OCH3 is 1. The zero-order chi connectivity index (χ0) is 14.1. The third-order valence-electron chi connectivity index (χ3n) is 3.44. The van der Waals surface area contributed by atoms with Crippen molar-refractivity contribution in [2.75, 3.05) is 7.11 Å². The summed E-state index contributed by atoms with van der Waals surface area (Å²) in [5.74, 6) is 0.775. The van der Waals surface area contributed by atoms with Gasteiger partial charge in [0.25, 0.3) is 0 Å². The molecule has 0 fully saturated rings. The molecule has 1 heterocycles. The van der Waals surface area contributed by atoms with Gasteiger partial charge in [-0.2, -0.15) is 0 Å². The topological polar surface area (TPSA) is 22.1 Å². The van der Waals surface area contributed by atoms with Crippen molar-refractivity contribution in [2.45, 2.75) is 6.92 Å². The smallest absolute Gasteiger partial charge is 0.128 e. The Balaban J connectivity index is 2.34. The van der Waals surface area contributed by atoms with E-state index >= 15 is 0 Å². The Morgan fingerprint density at radius 2 is 1.70 bits per heavy atom. The van der Waals surface area contributed by atoms with Gasteiger partial charge in [-0.05, 0) is 30.7 Å². The summed E-state index contributed by atoms with van der Waals surface area (Å²) < 4.78 is 5.41. The highest BCUT2D eigenvalue weighted by Gasteiger charge is 2.14. The number of benzene rings is 2. The van der Waals surface area contributed by atoms with E-state index in [1.54, 1.807) is 7.11 Å². The number of ether oxygens (including phenoxy) is 1. The van der Waals surface area contributed by atoms with Gasteiger partial charge in [-0.25, -0.2) is 4.98 Å². The SMILES string of the molecule is COc1ccccc1-c1nc2ccccc2c(C)c1Cl. The molecule has 0 spiro atoms. The van der Waals surface area contributed by atoms with Crippen molar-refractivity contribution in [3.63, 3.8) is 0 Å². The van der Waals surface area contributed by atoms with Crippen molar-refractivity contribution >= 4 is 22.5 Å². The third kappa shape index (κ3) is 2.02. The summed E-state index contributed by atoms with van der Waals surface area (Å²) in [6.07, 6.45) is 0. The molecule has 2 nitrogen and oxygen atoms in total. The fourth-order valence-corrected chi connectivity index (χ4v) is 2.62. The molecular formula is C17H14ClNO. The second kappa shape index (κ2) is 5.14. The number of pyridine rings is 1. The number of para-hydroxylation sites is 2. The van der Waals surface area contributed by atoms with Crippen molar-refractivity contribution in [1.29, 1.82) is 0 Å². The predicted octanol–water partition coefficient (Wildman–Crippen LogP) is 4.87. The van der Waals surface area contributed by atoms with Crippen molar-refractivity contribution in [2.24, 2.45) is 0 Å². The first kappa shape index (κ1) is 12.9. The fourth-order valence-electron chi connectivity index (χ4n) is 2.37. The van der Waals surface area contributed by atoms with E-state index in [2.05, 4.69) is 0 Å². The Morgan fingerprint density at radius 1 is 1.00 bits per heavy atom. The Hall–Kier alpha value is -2.06. The van der Waals surface area contributed by atoms with Crippen molar-refractivity contribution in [3.05, 3.63) is 59.1 Å². The molecule has 3 aromatic rings. The molecule has 20 heavy (non-hydrogen) atoms. The molecule has 0 aliphatic heterocycles. The van der Waals surface area contributed by atoms with Crippen molar-refractivity contribution < 1.29 is 4.74 Å². The molecule has 0 aliphatic carbocycles. The Morgan fingerprint density at radius 3 is 2.50 bits per heavy atom. The molecule has 0 saturated carbocycles. The summed E-state index contributed by atoms with van der Waals surface area (Å²) in [6, 6.07) is 15.8. The number of hydrogen-bond acceptors (Lipinski definition) is 2. The third-order valence-corrected chi connectivity index (χ3v) is 3.90. The molecule has 0 atom stereocenters. The maximum absolute atomic E-state index is 6.52. The van der Waals surface area contributed by atoms with Gasteiger partial charge in [0, 0.05) is 10.9 Å². The zero-order valence-corrected chi connectivity index (χ0v) is 12.1. The van der Waals surface area contributed by atoms with Crippen LogP contribution in [0.3, 0.4) is 0 Å². The molecule has 100 valence electrons. The van der Waals surface area contributed by atoms with E-state index in [-0.39, 0.29) is 0 Å². The summed E-state index contributed by atoms with van der Waals surface area (Å²) in [5.41, 5.74) is 3.66. The lowest BCUT2D eigenvalue weighted by atomic mass is 10.0. The minimum atomic E-state index is 0.674. The zero-order valence-electron chi connectivity index (χ0n) is 11.4. The van der Waals surface area contributed by atoms with E-state index in [0.29, 0.717) is 5.02 Å². The minimum absolute atomic E-state index is 0.674. The van der Waals surface area contributed by atoms with Gasteiger partial charge in [0.1, 0.15) is 5.75 Å². The van der Waals surface area contributed by atoms with Crippen LogP contribution >= 0.6 is 11.6 Å². The van der Waals surface area contributed by atoms with Gasteiger partial charge < -0.3 is 4.74 Å². The van der Waals surface area contributed by atoms with Crippen LogP contribution in [-0.4, -0.2) is 12.1 Å². The van der Waals surface area contributed by atoms with Crippen LogP contribution < -0.4 is 4.74 Å². The molecule has 0 saturated heterocycles. The number of nitrogens with zero attached hydrogens (tertiary/aromatic N) is 1. The number of aromatic nitrogens is 1. The van der Waals surface area contributed by atoms with Crippen LogP contribution in [-0.2, 0) is 0 Å². The average molecular weight is 284 g/mol. The lowest BCUT2D eigenvalue weighted by Gasteiger charge is -2.12. The normalized spacial score (nSPS) is 10.8. The first-order valence-corrected chi connectivity index (χ1v) is 6.78. The quantitative estimate of drug-likeness (QED) is 0.669. The number of halogens is 1. The van der Waals surface area contributed by atoms with Crippen LogP contribution in [0.5, 0.6) is 5.75 Å². The molecule has 2 aromatic carbocycles. The summed E-state index contributed by atoms with van der Waals surface area (Å²) >= 11 is 6.52. The molecular weight excluding hydrogens is 270 g/mol. The summed E-state index contributed by atoms with van der Waals surface area (Å²) in [4.78, 5) is 4.70. The van der Waals surface area contributed by atoms with Crippen LogP contribution in [0.4, 0.5) is 0 Å². The molecule has 0 aliphatic rings. The van der Waals surface area contributed by atoms with Gasteiger partial charge in [0.05, 0.1) is 23.3 Å². The number of fused-ring (bicyclic) bond motifs is 1. The van der Waals surface area contributed by atoms with E-state index in [1.807, 2.05) is 55.5 Å². The molecule has 3 heteroatoms. The van der Waals surface area contributed by atoms with Crippen LogP contribution in [0.15, 0.2) is 48.5 Å². The maximum atomic E-state index is 6.52. The number of aryl methyl sites for hydroxylation is 1. The molecule has 3 rings (SSSR count). The standard InChI is InChI=1S/C17H14ClNO/c1-11-12-7-3-5-9-14(12)19-17(16(11)18)13-8-4-6-10-15(13)20-2/h3-10H,1-2H3.